The van der Waals surface area contributed by atoms with E-state index in [4.69, 9.17) is 9.88 Å². The van der Waals surface area contributed by atoms with Crippen molar-refractivity contribution in [3.05, 3.63) is 65.7 Å². The Morgan fingerprint density at radius 1 is 1.07 bits per heavy atom. The Morgan fingerprint density at radius 2 is 1.71 bits per heavy atom. The van der Waals surface area contributed by atoms with Gasteiger partial charge in [0.1, 0.15) is 0 Å². The molecule has 8 heteroatoms. The quantitative estimate of drug-likeness (QED) is 0.618. The molecule has 0 spiro atoms. The molecule has 1 amide bonds. The van der Waals surface area contributed by atoms with Crippen LogP contribution in [0.15, 0.2) is 59.5 Å². The van der Waals surface area contributed by atoms with Crippen LogP contribution in [0.4, 0.5) is 0 Å². The highest BCUT2D eigenvalue weighted by molar-refractivity contribution is 7.89. The van der Waals surface area contributed by atoms with Crippen LogP contribution in [-0.2, 0) is 30.8 Å². The van der Waals surface area contributed by atoms with Crippen LogP contribution in [0.3, 0.4) is 0 Å². The molecule has 0 aliphatic carbocycles. The first-order valence-electron chi connectivity index (χ1n) is 8.91. The number of sulfonamides is 1. The predicted octanol–water partition coefficient (Wildman–Crippen LogP) is 1.73. The van der Waals surface area contributed by atoms with E-state index in [9.17, 15) is 18.0 Å². The monoisotopic (exact) mass is 404 g/mol. The van der Waals surface area contributed by atoms with Crippen molar-refractivity contribution in [3.63, 3.8) is 0 Å². The van der Waals surface area contributed by atoms with Gasteiger partial charge in [-0.2, -0.15) is 0 Å². The van der Waals surface area contributed by atoms with E-state index < -0.39 is 27.8 Å². The van der Waals surface area contributed by atoms with E-state index in [0.717, 1.165) is 11.1 Å². The zero-order valence-corrected chi connectivity index (χ0v) is 16.4. The van der Waals surface area contributed by atoms with Crippen molar-refractivity contribution in [2.24, 2.45) is 5.14 Å². The summed E-state index contributed by atoms with van der Waals surface area (Å²) in [6, 6.07) is 15.4. The van der Waals surface area contributed by atoms with Crippen LogP contribution in [0.1, 0.15) is 30.4 Å². The van der Waals surface area contributed by atoms with Crippen molar-refractivity contribution >= 4 is 21.9 Å². The second-order valence-electron chi connectivity index (χ2n) is 6.27. The minimum atomic E-state index is -3.72. The van der Waals surface area contributed by atoms with E-state index in [0.29, 0.717) is 19.4 Å². The molecule has 0 aliphatic rings. The molecule has 3 N–H and O–H groups in total. The number of esters is 1. The fraction of sp³-hybridized carbons (Fsp3) is 0.300. The Labute approximate surface area is 164 Å². The molecule has 0 saturated heterocycles. The summed E-state index contributed by atoms with van der Waals surface area (Å²) in [5, 5.41) is 7.72. The number of nitrogens with two attached hydrogens (primary N) is 1. The third kappa shape index (κ3) is 6.47. The van der Waals surface area contributed by atoms with Gasteiger partial charge < -0.3 is 10.1 Å². The smallest absolute Gasteiger partial charge is 0.313 e. The minimum Gasteiger partial charge on any atom is -0.455 e. The molecular weight excluding hydrogens is 380 g/mol. The lowest BCUT2D eigenvalue weighted by atomic mass is 9.97. The van der Waals surface area contributed by atoms with Crippen molar-refractivity contribution < 1.29 is 22.7 Å². The summed E-state index contributed by atoms with van der Waals surface area (Å²) in [5.74, 6) is -1.22. The van der Waals surface area contributed by atoms with Gasteiger partial charge in [0.25, 0.3) is 5.91 Å². The van der Waals surface area contributed by atoms with Crippen LogP contribution in [-0.4, -0.2) is 33.4 Å². The lowest BCUT2D eigenvalue weighted by molar-refractivity contribution is -0.150. The summed E-state index contributed by atoms with van der Waals surface area (Å²) in [6.07, 6.45) is 1.09. The summed E-state index contributed by atoms with van der Waals surface area (Å²) in [4.78, 5) is 24.2. The van der Waals surface area contributed by atoms with Gasteiger partial charge >= 0.3 is 5.97 Å². The second-order valence-corrected chi connectivity index (χ2v) is 7.83. The van der Waals surface area contributed by atoms with E-state index in [1.54, 1.807) is 12.1 Å². The highest BCUT2D eigenvalue weighted by Gasteiger charge is 2.20. The lowest BCUT2D eigenvalue weighted by Crippen LogP contribution is -2.31. The topological polar surface area (TPSA) is 116 Å². The van der Waals surface area contributed by atoms with E-state index in [2.05, 4.69) is 5.32 Å². The Morgan fingerprint density at radius 3 is 2.29 bits per heavy atom. The molecule has 0 fully saturated rings. The standard InChI is InChI=1S/C20H24N2O5S/c1-2-18(16-6-4-3-5-7-16)20(24)27-14-19(23)22-13-12-15-8-10-17(11-9-15)28(21,25)26/h3-11,18H,2,12-14H2,1H3,(H,22,23)(H2,21,25,26)/t18-/m0/s1. The molecule has 0 radical (unpaired) electrons. The normalized spacial score (nSPS) is 12.2. The average Bonchev–Trinajstić information content (AvgIpc) is 2.67. The number of benzene rings is 2. The lowest BCUT2D eigenvalue weighted by Gasteiger charge is -2.14. The first-order valence-corrected chi connectivity index (χ1v) is 10.5. The number of ether oxygens (including phenoxy) is 1. The van der Waals surface area contributed by atoms with Gasteiger partial charge in [0.15, 0.2) is 6.61 Å². The van der Waals surface area contributed by atoms with E-state index in [-0.39, 0.29) is 11.5 Å². The molecule has 2 aromatic rings. The van der Waals surface area contributed by atoms with Crippen molar-refractivity contribution in [2.75, 3.05) is 13.2 Å². The third-order valence-corrected chi connectivity index (χ3v) is 5.16. The van der Waals surface area contributed by atoms with Crippen molar-refractivity contribution in [3.8, 4) is 0 Å². The van der Waals surface area contributed by atoms with Gasteiger partial charge in [-0.25, -0.2) is 13.6 Å². The Balaban J connectivity index is 1.76. The highest BCUT2D eigenvalue weighted by Crippen LogP contribution is 2.20. The summed E-state index contributed by atoms with van der Waals surface area (Å²) in [6.45, 7) is 1.88. The molecular formula is C20H24N2O5S. The molecule has 0 aliphatic heterocycles. The maximum Gasteiger partial charge on any atom is 0.313 e. The fourth-order valence-electron chi connectivity index (χ4n) is 2.70. The largest absolute Gasteiger partial charge is 0.455 e. The molecule has 0 heterocycles. The molecule has 2 rings (SSSR count). The van der Waals surface area contributed by atoms with Gasteiger partial charge in [-0.3, -0.25) is 9.59 Å². The van der Waals surface area contributed by atoms with Crippen LogP contribution < -0.4 is 10.5 Å². The summed E-state index contributed by atoms with van der Waals surface area (Å²) in [7, 11) is -3.72. The predicted molar refractivity (Wildman–Crippen MR) is 105 cm³/mol. The first kappa shape index (κ1) is 21.6. The van der Waals surface area contributed by atoms with Crippen LogP contribution in [0.25, 0.3) is 0 Å². The molecule has 0 aromatic heterocycles. The van der Waals surface area contributed by atoms with Crippen molar-refractivity contribution in [2.45, 2.75) is 30.6 Å². The Bertz CT molecular complexity index is 896. The van der Waals surface area contributed by atoms with Gasteiger partial charge in [0.2, 0.25) is 10.0 Å². The summed E-state index contributed by atoms with van der Waals surface area (Å²) in [5.41, 5.74) is 1.71. The summed E-state index contributed by atoms with van der Waals surface area (Å²) >= 11 is 0. The highest BCUT2D eigenvalue weighted by atomic mass is 32.2. The number of rotatable bonds is 9. The SMILES string of the molecule is CC[C@H](C(=O)OCC(=O)NCCc1ccc(S(N)(=O)=O)cc1)c1ccccc1. The van der Waals surface area contributed by atoms with E-state index in [1.165, 1.54) is 12.1 Å². The number of nitrogens with one attached hydrogen (secondary N) is 1. The van der Waals surface area contributed by atoms with Crippen LogP contribution in [0.2, 0.25) is 0 Å². The Hall–Kier alpha value is -2.71. The molecule has 1 atom stereocenters. The van der Waals surface area contributed by atoms with Gasteiger partial charge in [0, 0.05) is 6.54 Å². The molecule has 28 heavy (non-hydrogen) atoms. The summed E-state index contributed by atoms with van der Waals surface area (Å²) < 4.78 is 27.6. The maximum atomic E-state index is 12.2. The van der Waals surface area contributed by atoms with Crippen LogP contribution in [0.5, 0.6) is 0 Å². The number of carbonyl (C=O) groups excluding carboxylic acids is 2. The number of hydrogen-bond donors (Lipinski definition) is 2. The van der Waals surface area contributed by atoms with Gasteiger partial charge in [-0.15, -0.1) is 0 Å². The van der Waals surface area contributed by atoms with Gasteiger partial charge in [-0.1, -0.05) is 49.4 Å². The molecule has 150 valence electrons. The second kappa shape index (κ2) is 10.0. The van der Waals surface area contributed by atoms with Crippen LogP contribution >= 0.6 is 0 Å². The van der Waals surface area contributed by atoms with Gasteiger partial charge in [0.05, 0.1) is 10.8 Å². The molecule has 2 aromatic carbocycles. The third-order valence-electron chi connectivity index (χ3n) is 4.23. The maximum absolute atomic E-state index is 12.2. The average molecular weight is 404 g/mol. The zero-order valence-electron chi connectivity index (χ0n) is 15.6. The molecule has 0 unspecified atom stereocenters. The Kier molecular flexibility index (Phi) is 7.71. The van der Waals surface area contributed by atoms with Crippen molar-refractivity contribution in [1.29, 1.82) is 0 Å². The molecule has 7 nitrogen and oxygen atoms in total. The zero-order chi connectivity index (χ0) is 20.6. The van der Waals surface area contributed by atoms with E-state index in [1.807, 2.05) is 37.3 Å². The number of amides is 1. The number of primary sulfonamides is 1. The number of hydrogen-bond acceptors (Lipinski definition) is 5. The minimum absolute atomic E-state index is 0.0380. The molecule has 0 saturated carbocycles. The first-order chi connectivity index (χ1) is 13.3. The van der Waals surface area contributed by atoms with Crippen LogP contribution in [0, 0.1) is 0 Å². The van der Waals surface area contributed by atoms with E-state index >= 15 is 0 Å². The number of carbonyl (C=O) groups is 2. The fourth-order valence-corrected chi connectivity index (χ4v) is 3.22. The molecule has 0 bridgehead atoms. The van der Waals surface area contributed by atoms with Crippen molar-refractivity contribution in [1.82, 2.24) is 5.32 Å². The van der Waals surface area contributed by atoms with Gasteiger partial charge in [-0.05, 0) is 36.1 Å².